The minimum absolute atomic E-state index is 0.0235. The number of nitrogens with one attached hydrogen (secondary N) is 2. The molecule has 2 N–H and O–H groups in total. The molecule has 4 heteroatoms. The van der Waals surface area contributed by atoms with Crippen molar-refractivity contribution in [3.8, 4) is 0 Å². The fourth-order valence-electron chi connectivity index (χ4n) is 0.829. The Kier molecular flexibility index (Phi) is 3.47. The monoisotopic (exact) mass is 202 g/mol. The summed E-state index contributed by atoms with van der Waals surface area (Å²) in [5.41, 5.74) is 0. The van der Waals surface area contributed by atoms with Gasteiger partial charge in [0.1, 0.15) is 0 Å². The number of hydrogen-bond acceptors (Lipinski definition) is 2. The van der Waals surface area contributed by atoms with E-state index in [0.29, 0.717) is 12.6 Å². The summed E-state index contributed by atoms with van der Waals surface area (Å²) in [6.45, 7) is 4.96. The Hall–Kier alpha value is -0.380. The minimum Gasteiger partial charge on any atom is -0.337 e. The largest absolute Gasteiger partial charge is 0.337 e. The molecule has 1 fully saturated rings. The van der Waals surface area contributed by atoms with Crippen molar-refractivity contribution >= 4 is 17.8 Å². The van der Waals surface area contributed by atoms with Crippen molar-refractivity contribution in [3.05, 3.63) is 0 Å². The van der Waals surface area contributed by atoms with Crippen LogP contribution in [-0.2, 0) is 0 Å². The number of thioether (sulfide) groups is 1. The van der Waals surface area contributed by atoms with Crippen molar-refractivity contribution in [1.29, 1.82) is 0 Å². The molecule has 1 saturated carbocycles. The highest BCUT2D eigenvalue weighted by Crippen LogP contribution is 2.20. The first-order valence-corrected chi connectivity index (χ1v) is 5.85. The zero-order valence-electron chi connectivity index (χ0n) is 8.52. The molecule has 0 heterocycles. The predicted octanol–water partition coefficient (Wildman–Crippen LogP) is 1.59. The molecule has 0 spiro atoms. The quantitative estimate of drug-likeness (QED) is 0.727. The highest BCUT2D eigenvalue weighted by Gasteiger charge is 2.24. The second-order valence-corrected chi connectivity index (χ2v) is 5.58. The summed E-state index contributed by atoms with van der Waals surface area (Å²) < 4.78 is 0.126. The maximum Gasteiger partial charge on any atom is 0.315 e. The van der Waals surface area contributed by atoms with E-state index in [-0.39, 0.29) is 10.8 Å². The van der Waals surface area contributed by atoms with Gasteiger partial charge in [0, 0.05) is 17.3 Å². The summed E-state index contributed by atoms with van der Waals surface area (Å²) in [5, 5.41) is 5.77. The van der Waals surface area contributed by atoms with Crippen LogP contribution in [0.5, 0.6) is 0 Å². The molecule has 0 aromatic heterocycles. The van der Waals surface area contributed by atoms with Crippen molar-refractivity contribution < 1.29 is 4.79 Å². The Balaban J connectivity index is 2.13. The lowest BCUT2D eigenvalue weighted by Gasteiger charge is -2.22. The van der Waals surface area contributed by atoms with Gasteiger partial charge >= 0.3 is 6.03 Å². The number of carbonyl (C=O) groups is 1. The van der Waals surface area contributed by atoms with Crippen LogP contribution in [0.2, 0.25) is 0 Å². The molecule has 2 amide bonds. The van der Waals surface area contributed by atoms with E-state index in [9.17, 15) is 4.79 Å². The molecule has 76 valence electrons. The first-order valence-electron chi connectivity index (χ1n) is 4.63. The second-order valence-electron chi connectivity index (χ2n) is 4.07. The Morgan fingerprint density at radius 1 is 1.54 bits per heavy atom. The lowest BCUT2D eigenvalue weighted by Crippen LogP contribution is -2.42. The lowest BCUT2D eigenvalue weighted by molar-refractivity contribution is 0.239. The van der Waals surface area contributed by atoms with Crippen LogP contribution in [0.3, 0.4) is 0 Å². The van der Waals surface area contributed by atoms with Gasteiger partial charge in [-0.05, 0) is 32.9 Å². The molecule has 0 aromatic rings. The van der Waals surface area contributed by atoms with E-state index >= 15 is 0 Å². The molecule has 3 nitrogen and oxygen atoms in total. The molecular formula is C9H18N2OS. The van der Waals surface area contributed by atoms with Gasteiger partial charge in [0.2, 0.25) is 0 Å². The molecule has 1 aliphatic rings. The second kappa shape index (κ2) is 4.22. The molecule has 0 aromatic carbocycles. The van der Waals surface area contributed by atoms with Crippen LogP contribution in [0, 0.1) is 0 Å². The standard InChI is InChI=1S/C9H18N2OS/c1-9(2,13-3)6-10-8(12)11-7-4-5-7/h7H,4-6H2,1-3H3,(H2,10,11,12). The normalized spacial score (nSPS) is 16.8. The molecule has 1 rings (SSSR count). The predicted molar refractivity (Wildman–Crippen MR) is 57.2 cm³/mol. The molecule has 0 unspecified atom stereocenters. The third-order valence-electron chi connectivity index (χ3n) is 2.14. The number of hydrogen-bond donors (Lipinski definition) is 2. The van der Waals surface area contributed by atoms with Gasteiger partial charge in [-0.25, -0.2) is 4.79 Å². The number of amides is 2. The van der Waals surface area contributed by atoms with Crippen LogP contribution >= 0.6 is 11.8 Å². The Bertz CT molecular complexity index is 190. The SMILES string of the molecule is CSC(C)(C)CNC(=O)NC1CC1. The van der Waals surface area contributed by atoms with E-state index in [2.05, 4.69) is 30.7 Å². The maximum absolute atomic E-state index is 11.2. The van der Waals surface area contributed by atoms with Crippen LogP contribution in [0.1, 0.15) is 26.7 Å². The van der Waals surface area contributed by atoms with E-state index in [1.165, 1.54) is 0 Å². The first kappa shape index (κ1) is 10.7. The van der Waals surface area contributed by atoms with Crippen LogP contribution in [-0.4, -0.2) is 29.6 Å². The van der Waals surface area contributed by atoms with Crippen LogP contribution in [0.15, 0.2) is 0 Å². The highest BCUT2D eigenvalue weighted by molar-refractivity contribution is 7.99. The lowest BCUT2D eigenvalue weighted by atomic mass is 10.2. The first-order chi connectivity index (χ1) is 6.03. The summed E-state index contributed by atoms with van der Waals surface area (Å²) in [7, 11) is 0. The summed E-state index contributed by atoms with van der Waals surface area (Å²) in [5.74, 6) is 0. The summed E-state index contributed by atoms with van der Waals surface area (Å²) >= 11 is 1.76. The summed E-state index contributed by atoms with van der Waals surface area (Å²) in [6, 6.07) is 0.419. The number of carbonyl (C=O) groups excluding carboxylic acids is 1. The highest BCUT2D eigenvalue weighted by atomic mass is 32.2. The zero-order chi connectivity index (χ0) is 9.90. The van der Waals surface area contributed by atoms with Crippen molar-refractivity contribution in [2.45, 2.75) is 37.5 Å². The number of rotatable bonds is 4. The van der Waals surface area contributed by atoms with E-state index in [0.717, 1.165) is 12.8 Å². The van der Waals surface area contributed by atoms with E-state index < -0.39 is 0 Å². The molecule has 13 heavy (non-hydrogen) atoms. The summed E-state index contributed by atoms with van der Waals surface area (Å²) in [4.78, 5) is 11.2. The smallest absolute Gasteiger partial charge is 0.315 e. The summed E-state index contributed by atoms with van der Waals surface area (Å²) in [6.07, 6.45) is 4.33. The van der Waals surface area contributed by atoms with Crippen LogP contribution < -0.4 is 10.6 Å². The van der Waals surface area contributed by atoms with Crippen molar-refractivity contribution in [3.63, 3.8) is 0 Å². The van der Waals surface area contributed by atoms with Crippen LogP contribution in [0.25, 0.3) is 0 Å². The van der Waals surface area contributed by atoms with Gasteiger partial charge in [-0.1, -0.05) is 0 Å². The minimum atomic E-state index is -0.0235. The fourth-order valence-corrected chi connectivity index (χ4v) is 1.05. The van der Waals surface area contributed by atoms with E-state index in [1.807, 2.05) is 0 Å². The van der Waals surface area contributed by atoms with E-state index in [4.69, 9.17) is 0 Å². The molecule has 1 aliphatic carbocycles. The average molecular weight is 202 g/mol. The molecule has 0 aliphatic heterocycles. The Morgan fingerprint density at radius 3 is 2.62 bits per heavy atom. The maximum atomic E-state index is 11.2. The van der Waals surface area contributed by atoms with Gasteiger partial charge in [-0.2, -0.15) is 11.8 Å². The molecular weight excluding hydrogens is 184 g/mol. The van der Waals surface area contributed by atoms with Gasteiger partial charge in [0.25, 0.3) is 0 Å². The fraction of sp³-hybridized carbons (Fsp3) is 0.889. The van der Waals surface area contributed by atoms with Crippen molar-refractivity contribution in [2.75, 3.05) is 12.8 Å². The molecule has 0 bridgehead atoms. The third kappa shape index (κ3) is 4.41. The molecule has 0 saturated heterocycles. The van der Waals surface area contributed by atoms with Gasteiger partial charge < -0.3 is 10.6 Å². The molecule has 0 atom stereocenters. The average Bonchev–Trinajstić information content (AvgIpc) is 2.85. The van der Waals surface area contributed by atoms with Gasteiger partial charge in [-0.3, -0.25) is 0 Å². The third-order valence-corrected chi connectivity index (χ3v) is 3.39. The van der Waals surface area contributed by atoms with Crippen molar-refractivity contribution in [2.24, 2.45) is 0 Å². The zero-order valence-corrected chi connectivity index (χ0v) is 9.33. The number of urea groups is 1. The van der Waals surface area contributed by atoms with Gasteiger partial charge in [-0.15, -0.1) is 0 Å². The van der Waals surface area contributed by atoms with Gasteiger partial charge in [0.05, 0.1) is 0 Å². The van der Waals surface area contributed by atoms with Crippen molar-refractivity contribution in [1.82, 2.24) is 10.6 Å². The Labute approximate surface area is 84.0 Å². The van der Waals surface area contributed by atoms with Crippen LogP contribution in [0.4, 0.5) is 4.79 Å². The Morgan fingerprint density at radius 2 is 2.15 bits per heavy atom. The van der Waals surface area contributed by atoms with E-state index in [1.54, 1.807) is 11.8 Å². The topological polar surface area (TPSA) is 41.1 Å². The molecule has 0 radical (unpaired) electrons. The van der Waals surface area contributed by atoms with Gasteiger partial charge in [0.15, 0.2) is 0 Å².